The van der Waals surface area contributed by atoms with Crippen molar-refractivity contribution in [2.75, 3.05) is 11.9 Å². The van der Waals surface area contributed by atoms with E-state index in [1.807, 2.05) is 13.1 Å². The molecule has 0 saturated carbocycles. The Bertz CT molecular complexity index is 670. The number of aromatic nitrogens is 2. The van der Waals surface area contributed by atoms with E-state index in [0.717, 1.165) is 5.69 Å². The molecule has 2 rings (SSSR count). The largest absolute Gasteiger partial charge is 0.573 e. The first-order chi connectivity index (χ1) is 10.8. The summed E-state index contributed by atoms with van der Waals surface area (Å²) in [4.78, 5) is 4.15. The van der Waals surface area contributed by atoms with E-state index < -0.39 is 6.36 Å². The van der Waals surface area contributed by atoms with Crippen LogP contribution in [0.4, 0.5) is 18.9 Å². The van der Waals surface area contributed by atoms with Gasteiger partial charge in [-0.3, -0.25) is 9.67 Å². The van der Waals surface area contributed by atoms with Crippen molar-refractivity contribution in [3.05, 3.63) is 42.2 Å². The number of aryl methyl sites for hydroxylation is 1. The van der Waals surface area contributed by atoms with Crippen LogP contribution in [0.3, 0.4) is 0 Å². The number of aliphatic imine (C=N–C) groups is 1. The van der Waals surface area contributed by atoms with E-state index in [4.69, 9.17) is 5.73 Å². The number of benzene rings is 1. The molecule has 0 amide bonds. The molecule has 0 aliphatic carbocycles. The lowest BCUT2D eigenvalue weighted by Gasteiger charge is -2.10. The van der Waals surface area contributed by atoms with Crippen LogP contribution in [0.2, 0.25) is 0 Å². The number of hydrogen-bond donors (Lipinski definition) is 2. The van der Waals surface area contributed by atoms with Gasteiger partial charge in [-0.1, -0.05) is 0 Å². The summed E-state index contributed by atoms with van der Waals surface area (Å²) in [5, 5.41) is 6.84. The minimum absolute atomic E-state index is 0. The molecule has 0 atom stereocenters. The lowest BCUT2D eigenvalue weighted by Crippen LogP contribution is -2.23. The number of rotatable bonds is 5. The SMILES string of the molecule is Cn1nccc1CCN=C(N)Nc1ccc(OC(F)(F)F)cc1.I. The zero-order chi connectivity index (χ0) is 16.9. The number of ether oxygens (including phenoxy) is 1. The van der Waals surface area contributed by atoms with Crippen molar-refractivity contribution < 1.29 is 17.9 Å². The summed E-state index contributed by atoms with van der Waals surface area (Å²) in [6, 6.07) is 7.12. The molecule has 0 radical (unpaired) electrons. The number of guanidine groups is 1. The van der Waals surface area contributed by atoms with Gasteiger partial charge in [0.1, 0.15) is 5.75 Å². The van der Waals surface area contributed by atoms with E-state index in [1.54, 1.807) is 10.9 Å². The van der Waals surface area contributed by atoms with Gasteiger partial charge < -0.3 is 15.8 Å². The van der Waals surface area contributed by atoms with Crippen LogP contribution in [0.15, 0.2) is 41.5 Å². The maximum atomic E-state index is 12.1. The van der Waals surface area contributed by atoms with E-state index in [1.165, 1.54) is 24.3 Å². The fourth-order valence-corrected chi connectivity index (χ4v) is 1.86. The second-order valence-corrected chi connectivity index (χ2v) is 4.66. The van der Waals surface area contributed by atoms with Crippen molar-refractivity contribution in [3.8, 4) is 5.75 Å². The average molecular weight is 455 g/mol. The zero-order valence-electron chi connectivity index (χ0n) is 12.7. The Morgan fingerprint density at radius 3 is 2.50 bits per heavy atom. The van der Waals surface area contributed by atoms with Crippen molar-refractivity contribution in [3.63, 3.8) is 0 Å². The second-order valence-electron chi connectivity index (χ2n) is 4.66. The first-order valence-electron chi connectivity index (χ1n) is 6.73. The van der Waals surface area contributed by atoms with Crippen LogP contribution in [0.1, 0.15) is 5.69 Å². The molecule has 0 fully saturated rings. The second kappa shape index (κ2) is 8.76. The number of alkyl halides is 3. The number of nitrogens with two attached hydrogens (primary N) is 1. The molecule has 6 nitrogen and oxygen atoms in total. The average Bonchev–Trinajstić information content (AvgIpc) is 2.85. The van der Waals surface area contributed by atoms with E-state index in [-0.39, 0.29) is 35.7 Å². The van der Waals surface area contributed by atoms with E-state index in [2.05, 4.69) is 20.1 Å². The van der Waals surface area contributed by atoms with Crippen molar-refractivity contribution in [1.82, 2.24) is 9.78 Å². The number of nitrogens with one attached hydrogen (secondary N) is 1. The maximum Gasteiger partial charge on any atom is 0.573 e. The Morgan fingerprint density at radius 1 is 1.29 bits per heavy atom. The Balaban J connectivity index is 0.00000288. The van der Waals surface area contributed by atoms with E-state index in [0.29, 0.717) is 18.7 Å². The standard InChI is InChI=1S/C14H16F3N5O.HI/c1-22-11(7-9-20-22)6-8-19-13(18)21-10-2-4-12(5-3-10)23-14(15,16)17;/h2-5,7,9H,6,8H2,1H3,(H3,18,19,21);1H. The Morgan fingerprint density at radius 2 is 1.96 bits per heavy atom. The van der Waals surface area contributed by atoms with Crippen LogP contribution in [0.5, 0.6) is 5.75 Å². The van der Waals surface area contributed by atoms with Crippen LogP contribution in [0, 0.1) is 0 Å². The molecule has 2 aromatic rings. The molecule has 0 saturated heterocycles. The maximum absolute atomic E-state index is 12.1. The molecule has 0 unspecified atom stereocenters. The Labute approximate surface area is 153 Å². The van der Waals surface area contributed by atoms with Crippen molar-refractivity contribution in [1.29, 1.82) is 0 Å². The number of halogens is 4. The summed E-state index contributed by atoms with van der Waals surface area (Å²) < 4.78 is 41.7. The van der Waals surface area contributed by atoms with Crippen molar-refractivity contribution in [2.45, 2.75) is 12.8 Å². The molecule has 132 valence electrons. The molecule has 1 heterocycles. The molecular formula is C14H17F3IN5O. The molecule has 3 N–H and O–H groups in total. The highest BCUT2D eigenvalue weighted by Crippen LogP contribution is 2.23. The van der Waals surface area contributed by atoms with Crippen molar-refractivity contribution in [2.24, 2.45) is 17.8 Å². The summed E-state index contributed by atoms with van der Waals surface area (Å²) in [7, 11) is 1.84. The van der Waals surface area contributed by atoms with E-state index >= 15 is 0 Å². The fourth-order valence-electron chi connectivity index (χ4n) is 1.86. The minimum Gasteiger partial charge on any atom is -0.406 e. The summed E-state index contributed by atoms with van der Waals surface area (Å²) in [6.07, 6.45) is -2.33. The molecule has 0 spiro atoms. The predicted molar refractivity (Wildman–Crippen MR) is 95.6 cm³/mol. The summed E-state index contributed by atoms with van der Waals surface area (Å²) in [6.45, 7) is 0.466. The van der Waals surface area contributed by atoms with E-state index in [9.17, 15) is 13.2 Å². The molecule has 0 bridgehead atoms. The van der Waals surface area contributed by atoms with Crippen LogP contribution in [-0.4, -0.2) is 28.6 Å². The number of nitrogens with zero attached hydrogens (tertiary/aromatic N) is 3. The van der Waals surface area contributed by atoms with Crippen LogP contribution in [0.25, 0.3) is 0 Å². The lowest BCUT2D eigenvalue weighted by atomic mass is 10.3. The van der Waals surface area contributed by atoms with Gasteiger partial charge >= 0.3 is 6.36 Å². The monoisotopic (exact) mass is 455 g/mol. The zero-order valence-corrected chi connectivity index (χ0v) is 15.1. The smallest absolute Gasteiger partial charge is 0.406 e. The van der Waals surface area contributed by atoms with Gasteiger partial charge in [-0.2, -0.15) is 5.10 Å². The molecule has 10 heteroatoms. The normalized spacial score (nSPS) is 11.8. The van der Waals surface area contributed by atoms with Crippen LogP contribution in [-0.2, 0) is 13.5 Å². The van der Waals surface area contributed by atoms with Gasteiger partial charge in [-0.05, 0) is 30.3 Å². The minimum atomic E-state index is -4.71. The quantitative estimate of drug-likeness (QED) is 0.413. The third kappa shape index (κ3) is 6.64. The van der Waals surface area contributed by atoms with Gasteiger partial charge in [0.2, 0.25) is 0 Å². The van der Waals surface area contributed by atoms with Crippen molar-refractivity contribution >= 4 is 35.6 Å². The van der Waals surface area contributed by atoms with Gasteiger partial charge in [0.05, 0.1) is 0 Å². The summed E-state index contributed by atoms with van der Waals surface area (Å²) in [5.41, 5.74) is 7.27. The number of hydrogen-bond acceptors (Lipinski definition) is 3. The third-order valence-electron chi connectivity index (χ3n) is 2.93. The first kappa shape index (κ1) is 20.1. The number of anilines is 1. The highest BCUT2D eigenvalue weighted by Gasteiger charge is 2.30. The molecule has 24 heavy (non-hydrogen) atoms. The van der Waals surface area contributed by atoms with Gasteiger partial charge in [0.25, 0.3) is 0 Å². The molecular weight excluding hydrogens is 438 g/mol. The molecule has 1 aromatic heterocycles. The first-order valence-corrected chi connectivity index (χ1v) is 6.73. The van der Waals surface area contributed by atoms with Gasteiger partial charge in [-0.25, -0.2) is 0 Å². The topological polar surface area (TPSA) is 77.5 Å². The highest BCUT2D eigenvalue weighted by atomic mass is 127. The molecule has 0 aliphatic heterocycles. The highest BCUT2D eigenvalue weighted by molar-refractivity contribution is 14.0. The Hall–Kier alpha value is -1.98. The lowest BCUT2D eigenvalue weighted by molar-refractivity contribution is -0.274. The van der Waals surface area contributed by atoms with Gasteiger partial charge in [-0.15, -0.1) is 37.1 Å². The molecule has 1 aromatic carbocycles. The predicted octanol–water partition coefficient (Wildman–Crippen LogP) is 2.91. The van der Waals surface area contributed by atoms with Crippen LogP contribution < -0.4 is 15.8 Å². The summed E-state index contributed by atoms with van der Waals surface area (Å²) >= 11 is 0. The summed E-state index contributed by atoms with van der Waals surface area (Å²) in [5.74, 6) is -0.119. The van der Waals surface area contributed by atoms with Gasteiger partial charge in [0.15, 0.2) is 5.96 Å². The fraction of sp³-hybridized carbons (Fsp3) is 0.286. The van der Waals surface area contributed by atoms with Gasteiger partial charge in [0, 0.05) is 37.6 Å². The molecule has 0 aliphatic rings. The Kier molecular flexibility index (Phi) is 7.32. The third-order valence-corrected chi connectivity index (χ3v) is 2.93. The van der Waals surface area contributed by atoms with Crippen LogP contribution >= 0.6 is 24.0 Å².